The summed E-state index contributed by atoms with van der Waals surface area (Å²) in [5.41, 5.74) is 0.931. The third-order valence-corrected chi connectivity index (χ3v) is 3.61. The van der Waals surface area contributed by atoms with Crippen molar-refractivity contribution in [1.82, 2.24) is 4.90 Å². The van der Waals surface area contributed by atoms with Crippen LogP contribution in [-0.4, -0.2) is 29.8 Å². The molecule has 0 bridgehead atoms. The first-order valence-electron chi connectivity index (χ1n) is 6.21. The zero-order valence-electron chi connectivity index (χ0n) is 10.7. The van der Waals surface area contributed by atoms with Crippen molar-refractivity contribution < 1.29 is 13.6 Å². The van der Waals surface area contributed by atoms with Crippen LogP contribution in [-0.2, 0) is 17.1 Å². The van der Waals surface area contributed by atoms with Crippen LogP contribution in [0, 0.1) is 5.92 Å². The van der Waals surface area contributed by atoms with Crippen molar-refractivity contribution in [3.05, 3.63) is 35.4 Å². The molecule has 2 rings (SSSR count). The van der Waals surface area contributed by atoms with Crippen molar-refractivity contribution in [2.24, 2.45) is 5.92 Å². The number of carbonyl (C=O) groups excluding carboxylic acids is 1. The Morgan fingerprint density at radius 1 is 1.47 bits per heavy atom. The fourth-order valence-corrected chi connectivity index (χ4v) is 2.46. The van der Waals surface area contributed by atoms with Gasteiger partial charge in [-0.3, -0.25) is 4.79 Å². The third kappa shape index (κ3) is 3.44. The highest BCUT2D eigenvalue weighted by atomic mass is 35.5. The quantitative estimate of drug-likeness (QED) is 0.780. The molecular formula is C14H16ClF2NO. The van der Waals surface area contributed by atoms with Crippen LogP contribution < -0.4 is 0 Å². The van der Waals surface area contributed by atoms with Gasteiger partial charge in [-0.1, -0.05) is 18.2 Å². The summed E-state index contributed by atoms with van der Waals surface area (Å²) in [6.45, 7) is 2.23. The second-order valence-electron chi connectivity index (χ2n) is 5.09. The molecule has 0 aliphatic carbocycles. The van der Waals surface area contributed by atoms with E-state index in [0.29, 0.717) is 19.0 Å². The van der Waals surface area contributed by atoms with Crippen molar-refractivity contribution in [3.63, 3.8) is 0 Å². The number of hydrogen-bond acceptors (Lipinski definition) is 1. The van der Waals surface area contributed by atoms with Crippen molar-refractivity contribution in [3.8, 4) is 0 Å². The lowest BCUT2D eigenvalue weighted by Crippen LogP contribution is -2.51. The SMILES string of the molecule is CC(F)(F)c1cccc(CC2CN(C(=O)CCl)C2)c1. The lowest BCUT2D eigenvalue weighted by Gasteiger charge is -2.39. The number of carbonyl (C=O) groups is 1. The number of alkyl halides is 3. The van der Waals surface area contributed by atoms with Gasteiger partial charge in [0.1, 0.15) is 5.88 Å². The predicted octanol–water partition coefficient (Wildman–Crippen LogP) is 3.04. The van der Waals surface area contributed by atoms with Crippen LogP contribution in [0.3, 0.4) is 0 Å². The summed E-state index contributed by atoms with van der Waals surface area (Å²) < 4.78 is 26.4. The number of likely N-dealkylation sites (tertiary alicyclic amines) is 1. The Balaban J connectivity index is 1.93. The topological polar surface area (TPSA) is 20.3 Å². The van der Waals surface area contributed by atoms with Gasteiger partial charge < -0.3 is 4.90 Å². The molecule has 1 aliphatic rings. The Hall–Kier alpha value is -1.16. The smallest absolute Gasteiger partial charge is 0.270 e. The molecule has 0 saturated carbocycles. The lowest BCUT2D eigenvalue weighted by molar-refractivity contribution is -0.134. The number of halogens is 3. The normalized spacial score (nSPS) is 16.3. The largest absolute Gasteiger partial charge is 0.341 e. The van der Waals surface area contributed by atoms with E-state index in [4.69, 9.17) is 11.6 Å². The molecule has 5 heteroatoms. The molecule has 0 spiro atoms. The van der Waals surface area contributed by atoms with Gasteiger partial charge in [0.2, 0.25) is 5.91 Å². The number of nitrogens with zero attached hydrogens (tertiary/aromatic N) is 1. The summed E-state index contributed by atoms with van der Waals surface area (Å²) >= 11 is 5.46. The third-order valence-electron chi connectivity index (χ3n) is 3.38. The highest BCUT2D eigenvalue weighted by Crippen LogP contribution is 2.28. The van der Waals surface area contributed by atoms with Gasteiger partial charge in [-0.25, -0.2) is 8.78 Å². The number of benzene rings is 1. The molecule has 19 heavy (non-hydrogen) atoms. The van der Waals surface area contributed by atoms with Gasteiger partial charge >= 0.3 is 0 Å². The Morgan fingerprint density at radius 3 is 2.74 bits per heavy atom. The molecule has 1 aromatic carbocycles. The molecule has 2 nitrogen and oxygen atoms in total. The van der Waals surface area contributed by atoms with Gasteiger partial charge in [0, 0.05) is 25.6 Å². The standard InChI is InChI=1S/C14H16ClF2NO/c1-14(16,17)12-4-2-3-10(6-12)5-11-8-18(9-11)13(19)7-15/h2-4,6,11H,5,7-9H2,1H3. The number of amides is 1. The van der Waals surface area contributed by atoms with Crippen molar-refractivity contribution in [2.75, 3.05) is 19.0 Å². The molecule has 1 amide bonds. The molecule has 1 aliphatic heterocycles. The molecule has 0 unspecified atom stereocenters. The molecular weight excluding hydrogens is 272 g/mol. The van der Waals surface area contributed by atoms with E-state index in [2.05, 4.69) is 0 Å². The first-order valence-corrected chi connectivity index (χ1v) is 6.74. The minimum atomic E-state index is -2.81. The van der Waals surface area contributed by atoms with Gasteiger partial charge in [0.15, 0.2) is 0 Å². The summed E-state index contributed by atoms with van der Waals surface area (Å²) in [4.78, 5) is 13.0. The Morgan fingerprint density at radius 2 is 2.16 bits per heavy atom. The van der Waals surface area contributed by atoms with Crippen molar-refractivity contribution in [2.45, 2.75) is 19.3 Å². The molecule has 0 atom stereocenters. The minimum Gasteiger partial charge on any atom is -0.341 e. The van der Waals surface area contributed by atoms with E-state index in [1.54, 1.807) is 17.0 Å². The van der Waals surface area contributed by atoms with Crippen LogP contribution in [0.4, 0.5) is 8.78 Å². The van der Waals surface area contributed by atoms with Crippen LogP contribution >= 0.6 is 11.6 Å². The van der Waals surface area contributed by atoms with Crippen molar-refractivity contribution in [1.29, 1.82) is 0 Å². The van der Waals surface area contributed by atoms with E-state index >= 15 is 0 Å². The highest BCUT2D eigenvalue weighted by molar-refractivity contribution is 6.27. The van der Waals surface area contributed by atoms with Crippen LogP contribution in [0.25, 0.3) is 0 Å². The van der Waals surface area contributed by atoms with Crippen LogP contribution in [0.2, 0.25) is 0 Å². The monoisotopic (exact) mass is 287 g/mol. The van der Waals surface area contributed by atoms with Crippen LogP contribution in [0.15, 0.2) is 24.3 Å². The fraction of sp³-hybridized carbons (Fsp3) is 0.500. The molecule has 1 aromatic rings. The van der Waals surface area contributed by atoms with E-state index in [1.807, 2.05) is 6.07 Å². The molecule has 0 aromatic heterocycles. The Labute approximate surface area is 116 Å². The fourth-order valence-electron chi connectivity index (χ4n) is 2.29. The van der Waals surface area contributed by atoms with E-state index in [9.17, 15) is 13.6 Å². The number of rotatable bonds is 4. The van der Waals surface area contributed by atoms with Crippen molar-refractivity contribution >= 4 is 17.5 Å². The second-order valence-corrected chi connectivity index (χ2v) is 5.36. The van der Waals surface area contributed by atoms with Crippen LogP contribution in [0.5, 0.6) is 0 Å². The second kappa shape index (κ2) is 5.45. The predicted molar refractivity (Wildman–Crippen MR) is 70.5 cm³/mol. The molecule has 0 radical (unpaired) electrons. The summed E-state index contributed by atoms with van der Waals surface area (Å²) in [5, 5.41) is 0. The minimum absolute atomic E-state index is 0.00423. The van der Waals surface area contributed by atoms with Gasteiger partial charge in [-0.15, -0.1) is 11.6 Å². The van der Waals surface area contributed by atoms with Gasteiger partial charge in [0.25, 0.3) is 5.92 Å². The maximum absolute atomic E-state index is 13.2. The van der Waals surface area contributed by atoms with E-state index in [-0.39, 0.29) is 17.4 Å². The zero-order chi connectivity index (χ0) is 14.0. The number of hydrogen-bond donors (Lipinski definition) is 0. The molecule has 1 saturated heterocycles. The highest BCUT2D eigenvalue weighted by Gasteiger charge is 2.30. The summed E-state index contributed by atoms with van der Waals surface area (Å²) in [7, 11) is 0. The maximum atomic E-state index is 13.2. The van der Waals surface area contributed by atoms with Gasteiger partial charge in [-0.2, -0.15) is 0 Å². The summed E-state index contributed by atoms with van der Waals surface area (Å²) in [6, 6.07) is 6.49. The van der Waals surface area contributed by atoms with E-state index < -0.39 is 5.92 Å². The summed E-state index contributed by atoms with van der Waals surface area (Å²) in [6.07, 6.45) is 0.718. The molecule has 1 heterocycles. The van der Waals surface area contributed by atoms with Gasteiger partial charge in [-0.05, 0) is 24.0 Å². The average molecular weight is 288 g/mol. The zero-order valence-corrected chi connectivity index (χ0v) is 11.5. The van der Waals surface area contributed by atoms with E-state index in [1.165, 1.54) is 6.07 Å². The molecule has 1 fully saturated rings. The molecule has 0 N–H and O–H groups in total. The van der Waals surface area contributed by atoms with Crippen LogP contribution in [0.1, 0.15) is 18.1 Å². The first-order chi connectivity index (χ1) is 8.90. The maximum Gasteiger partial charge on any atom is 0.270 e. The first kappa shape index (κ1) is 14.3. The molecule has 104 valence electrons. The average Bonchev–Trinajstić information content (AvgIpc) is 2.31. The van der Waals surface area contributed by atoms with Gasteiger partial charge in [0.05, 0.1) is 0 Å². The Bertz CT molecular complexity index is 467. The van der Waals surface area contributed by atoms with E-state index in [0.717, 1.165) is 18.9 Å². The lowest BCUT2D eigenvalue weighted by atomic mass is 9.91. The Kier molecular flexibility index (Phi) is 4.09. The summed E-state index contributed by atoms with van der Waals surface area (Å²) in [5.74, 6) is -2.53.